The third kappa shape index (κ3) is 4.21. The average molecular weight is 385 g/mol. The molecule has 29 heavy (non-hydrogen) atoms. The highest BCUT2D eigenvalue weighted by molar-refractivity contribution is 5.87. The maximum atomic E-state index is 14.6. The van der Waals surface area contributed by atoms with Crippen LogP contribution in [0.25, 0.3) is 10.8 Å². The van der Waals surface area contributed by atoms with Gasteiger partial charge in [-0.3, -0.25) is 0 Å². The zero-order valence-corrected chi connectivity index (χ0v) is 16.7. The molecule has 0 bridgehead atoms. The normalized spacial score (nSPS) is 13.7. The zero-order valence-electron chi connectivity index (χ0n) is 16.7. The number of halogens is 1. The van der Waals surface area contributed by atoms with Crippen LogP contribution in [0.3, 0.4) is 0 Å². The van der Waals surface area contributed by atoms with Gasteiger partial charge in [-0.2, -0.15) is 5.10 Å². The van der Waals surface area contributed by atoms with Crippen LogP contribution in [0, 0.1) is 5.82 Å². The summed E-state index contributed by atoms with van der Waals surface area (Å²) in [6.07, 6.45) is 9.73. The predicted octanol–water partition coefficient (Wildman–Crippen LogP) is 6.12. The minimum atomic E-state index is -0.282. The summed E-state index contributed by atoms with van der Waals surface area (Å²) in [6.45, 7) is 0. The van der Waals surface area contributed by atoms with E-state index < -0.39 is 0 Å². The maximum Gasteiger partial charge on any atom is 0.134 e. The fraction of sp³-hybridized carbons (Fsp3) is 0.160. The van der Waals surface area contributed by atoms with E-state index in [2.05, 4.69) is 53.7 Å². The first-order valence-electron chi connectivity index (χ1n) is 9.77. The molecule has 0 saturated heterocycles. The lowest BCUT2D eigenvalue weighted by Gasteiger charge is -2.24. The minimum Gasteiger partial charge on any atom is -0.378 e. The molecule has 1 aliphatic carbocycles. The van der Waals surface area contributed by atoms with Crippen LogP contribution < -0.4 is 9.91 Å². The minimum absolute atomic E-state index is 0.282. The molecule has 0 unspecified atom stereocenters. The van der Waals surface area contributed by atoms with Crippen molar-refractivity contribution in [2.45, 2.75) is 12.8 Å². The van der Waals surface area contributed by atoms with E-state index in [1.165, 1.54) is 11.5 Å². The van der Waals surface area contributed by atoms with Gasteiger partial charge >= 0.3 is 0 Å². The fourth-order valence-corrected chi connectivity index (χ4v) is 3.40. The van der Waals surface area contributed by atoms with Gasteiger partial charge < -0.3 is 4.90 Å². The summed E-state index contributed by atoms with van der Waals surface area (Å²) in [6, 6.07) is 19.7. The van der Waals surface area contributed by atoms with Gasteiger partial charge in [0.05, 0.1) is 11.9 Å². The lowest BCUT2D eigenvalue weighted by atomic mass is 10.1. The first kappa shape index (κ1) is 18.9. The van der Waals surface area contributed by atoms with E-state index in [4.69, 9.17) is 0 Å². The number of hydrogen-bond acceptors (Lipinski definition) is 3. The maximum absolute atomic E-state index is 14.6. The van der Waals surface area contributed by atoms with E-state index in [-0.39, 0.29) is 5.82 Å². The Labute approximate surface area is 171 Å². The fourth-order valence-electron chi connectivity index (χ4n) is 3.40. The van der Waals surface area contributed by atoms with Crippen molar-refractivity contribution < 1.29 is 4.39 Å². The van der Waals surface area contributed by atoms with Gasteiger partial charge in [0.2, 0.25) is 0 Å². The molecule has 146 valence electrons. The van der Waals surface area contributed by atoms with Crippen LogP contribution in [0.5, 0.6) is 0 Å². The van der Waals surface area contributed by atoms with Crippen molar-refractivity contribution in [3.05, 3.63) is 96.0 Å². The summed E-state index contributed by atoms with van der Waals surface area (Å²) >= 11 is 0. The van der Waals surface area contributed by atoms with Crippen molar-refractivity contribution in [2.75, 3.05) is 24.0 Å². The van der Waals surface area contributed by atoms with Crippen LogP contribution in [0.15, 0.2) is 89.7 Å². The van der Waals surface area contributed by atoms with Gasteiger partial charge in [-0.15, -0.1) is 0 Å². The highest BCUT2D eigenvalue weighted by atomic mass is 19.1. The molecule has 0 fully saturated rings. The van der Waals surface area contributed by atoms with E-state index in [9.17, 15) is 4.39 Å². The predicted molar refractivity (Wildman–Crippen MR) is 121 cm³/mol. The summed E-state index contributed by atoms with van der Waals surface area (Å²) in [4.78, 5) is 1.88. The molecule has 0 aliphatic heterocycles. The molecule has 0 aromatic heterocycles. The molecular weight excluding hydrogens is 361 g/mol. The number of hydrazone groups is 1. The second-order valence-corrected chi connectivity index (χ2v) is 7.31. The molecule has 0 atom stereocenters. The molecule has 0 heterocycles. The van der Waals surface area contributed by atoms with Crippen molar-refractivity contribution in [1.29, 1.82) is 0 Å². The van der Waals surface area contributed by atoms with Crippen LogP contribution in [0.4, 0.5) is 15.8 Å². The third-order valence-electron chi connectivity index (χ3n) is 5.05. The summed E-state index contributed by atoms with van der Waals surface area (Å²) in [5, 5.41) is 8.93. The van der Waals surface area contributed by atoms with Gasteiger partial charge in [-0.05, 0) is 60.0 Å². The molecule has 0 spiro atoms. The molecule has 4 heteroatoms. The molecule has 1 aliphatic rings. The van der Waals surface area contributed by atoms with E-state index in [0.29, 0.717) is 5.56 Å². The SMILES string of the molecule is CN(C)c1ccc(/C=N/N(C2=CC=CCC2)c2ccc3ccccc3c2)c(F)c1. The largest absolute Gasteiger partial charge is 0.378 e. The molecule has 4 rings (SSSR count). The Morgan fingerprint density at radius 1 is 0.931 bits per heavy atom. The van der Waals surface area contributed by atoms with Crippen molar-refractivity contribution in [3.8, 4) is 0 Å². The van der Waals surface area contributed by atoms with Crippen LogP contribution in [-0.4, -0.2) is 20.3 Å². The molecule has 3 aromatic rings. The van der Waals surface area contributed by atoms with Gasteiger partial charge in [0.15, 0.2) is 0 Å². The molecule has 0 saturated carbocycles. The van der Waals surface area contributed by atoms with Crippen molar-refractivity contribution in [2.24, 2.45) is 5.10 Å². The standard InChI is InChI=1S/C25H24FN3/c1-28(2)23-14-13-21(25(26)17-23)18-27-29(22-10-4-3-5-11-22)24-15-12-19-8-6-7-9-20(19)16-24/h3-4,6-10,12-18H,5,11H2,1-2H3/b27-18+. The first-order chi connectivity index (χ1) is 14.1. The van der Waals surface area contributed by atoms with Crippen LogP contribution in [0.1, 0.15) is 18.4 Å². The smallest absolute Gasteiger partial charge is 0.134 e. The van der Waals surface area contributed by atoms with E-state index >= 15 is 0 Å². The van der Waals surface area contributed by atoms with E-state index in [0.717, 1.165) is 35.3 Å². The molecule has 0 N–H and O–H groups in total. The molecule has 3 aromatic carbocycles. The zero-order chi connectivity index (χ0) is 20.2. The monoisotopic (exact) mass is 385 g/mol. The third-order valence-corrected chi connectivity index (χ3v) is 5.05. The van der Waals surface area contributed by atoms with Crippen LogP contribution >= 0.6 is 0 Å². The highest BCUT2D eigenvalue weighted by Crippen LogP contribution is 2.28. The lowest BCUT2D eigenvalue weighted by Crippen LogP contribution is -2.17. The number of nitrogens with zero attached hydrogens (tertiary/aromatic N) is 3. The molecule has 0 radical (unpaired) electrons. The summed E-state index contributed by atoms with van der Waals surface area (Å²) in [5.74, 6) is -0.282. The Morgan fingerprint density at radius 2 is 1.72 bits per heavy atom. The van der Waals surface area contributed by atoms with Crippen molar-refractivity contribution >= 4 is 28.4 Å². The topological polar surface area (TPSA) is 18.8 Å². The van der Waals surface area contributed by atoms with Crippen LogP contribution in [-0.2, 0) is 0 Å². The molecule has 0 amide bonds. The van der Waals surface area contributed by atoms with E-state index in [1.54, 1.807) is 12.3 Å². The average Bonchev–Trinajstić information content (AvgIpc) is 2.75. The second kappa shape index (κ2) is 8.31. The van der Waals surface area contributed by atoms with Gasteiger partial charge in [-0.1, -0.05) is 42.5 Å². The van der Waals surface area contributed by atoms with Crippen LogP contribution in [0.2, 0.25) is 0 Å². The quantitative estimate of drug-likeness (QED) is 0.389. The van der Waals surface area contributed by atoms with Gasteiger partial charge in [-0.25, -0.2) is 9.40 Å². The Morgan fingerprint density at radius 3 is 2.45 bits per heavy atom. The Kier molecular flexibility index (Phi) is 5.43. The molecular formula is C25H24FN3. The van der Waals surface area contributed by atoms with Gasteiger partial charge in [0.1, 0.15) is 5.82 Å². The Bertz CT molecular complexity index is 1110. The van der Waals surface area contributed by atoms with Crippen molar-refractivity contribution in [1.82, 2.24) is 0 Å². The summed E-state index contributed by atoms with van der Waals surface area (Å²) < 4.78 is 14.6. The summed E-state index contributed by atoms with van der Waals surface area (Å²) in [7, 11) is 3.79. The number of rotatable bonds is 5. The number of benzene rings is 3. The van der Waals surface area contributed by atoms with Gasteiger partial charge in [0.25, 0.3) is 0 Å². The number of hydrogen-bond donors (Lipinski definition) is 0. The molecule has 3 nitrogen and oxygen atoms in total. The Balaban J connectivity index is 1.72. The number of anilines is 2. The van der Waals surface area contributed by atoms with E-state index in [1.807, 2.05) is 42.2 Å². The van der Waals surface area contributed by atoms with Crippen molar-refractivity contribution in [3.63, 3.8) is 0 Å². The number of fused-ring (bicyclic) bond motifs is 1. The first-order valence-corrected chi connectivity index (χ1v) is 9.77. The Hall–Kier alpha value is -3.40. The number of allylic oxidation sites excluding steroid dienone is 4. The highest BCUT2D eigenvalue weighted by Gasteiger charge is 2.13. The second-order valence-electron chi connectivity index (χ2n) is 7.31. The van der Waals surface area contributed by atoms with Gasteiger partial charge in [0, 0.05) is 31.0 Å². The summed E-state index contributed by atoms with van der Waals surface area (Å²) in [5.41, 5.74) is 3.34. The lowest BCUT2D eigenvalue weighted by molar-refractivity contribution is 0.625.